The fourth-order valence-electron chi connectivity index (χ4n) is 3.19. The van der Waals surface area contributed by atoms with Crippen molar-refractivity contribution in [3.63, 3.8) is 0 Å². The molecule has 1 aromatic heterocycles. The van der Waals surface area contributed by atoms with Crippen LogP contribution in [0.4, 0.5) is 0 Å². The van der Waals surface area contributed by atoms with Crippen LogP contribution < -0.4 is 0 Å². The number of fused-ring (bicyclic) bond motifs is 2. The molecule has 2 aliphatic heterocycles. The van der Waals surface area contributed by atoms with Gasteiger partial charge >= 0.3 is 0 Å². The lowest BCUT2D eigenvalue weighted by Gasteiger charge is -2.28. The van der Waals surface area contributed by atoms with E-state index >= 15 is 0 Å². The van der Waals surface area contributed by atoms with Crippen LogP contribution >= 0.6 is 0 Å². The van der Waals surface area contributed by atoms with Crippen LogP contribution in [0, 0.1) is 0 Å². The second-order valence-corrected chi connectivity index (χ2v) is 5.91. The summed E-state index contributed by atoms with van der Waals surface area (Å²) in [5, 5.41) is 0. The Balaban J connectivity index is 1.40. The van der Waals surface area contributed by atoms with E-state index in [2.05, 4.69) is 4.98 Å². The summed E-state index contributed by atoms with van der Waals surface area (Å²) in [6, 6.07) is 6.74. The Morgan fingerprint density at radius 2 is 1.79 bits per heavy atom. The van der Waals surface area contributed by atoms with Crippen LogP contribution in [0.15, 0.2) is 36.7 Å². The SMILES string of the molecule is O=C(CCN1C(=O)c2ccccc2C1=O)N1CCn2ccnc2C1. The summed E-state index contributed by atoms with van der Waals surface area (Å²) in [4.78, 5) is 44.1. The van der Waals surface area contributed by atoms with Gasteiger partial charge in [-0.1, -0.05) is 12.1 Å². The van der Waals surface area contributed by atoms with Gasteiger partial charge in [0, 0.05) is 38.4 Å². The lowest BCUT2D eigenvalue weighted by Crippen LogP contribution is -2.40. The van der Waals surface area contributed by atoms with Crippen molar-refractivity contribution in [3.8, 4) is 0 Å². The van der Waals surface area contributed by atoms with Crippen LogP contribution in [0.2, 0.25) is 0 Å². The van der Waals surface area contributed by atoms with Gasteiger partial charge in [0.15, 0.2) is 0 Å². The number of imidazole rings is 1. The van der Waals surface area contributed by atoms with Gasteiger partial charge in [0.1, 0.15) is 5.82 Å². The first-order chi connectivity index (χ1) is 11.6. The van der Waals surface area contributed by atoms with E-state index in [1.165, 1.54) is 0 Å². The fraction of sp³-hybridized carbons (Fsp3) is 0.294. The van der Waals surface area contributed by atoms with E-state index in [1.807, 2.05) is 10.8 Å². The standard InChI is InChI=1S/C17H16N4O3/c22-15(20-10-9-19-8-6-18-14(19)11-20)5-7-21-16(23)12-3-1-2-4-13(12)17(21)24/h1-4,6,8H,5,7,9-11H2. The zero-order chi connectivity index (χ0) is 16.7. The molecule has 0 atom stereocenters. The lowest BCUT2D eigenvalue weighted by atomic mass is 10.1. The first kappa shape index (κ1) is 14.6. The van der Waals surface area contributed by atoms with Gasteiger partial charge in [0.2, 0.25) is 5.91 Å². The van der Waals surface area contributed by atoms with Crippen molar-refractivity contribution in [2.24, 2.45) is 0 Å². The van der Waals surface area contributed by atoms with Crippen molar-refractivity contribution >= 4 is 17.7 Å². The maximum atomic E-state index is 12.4. The van der Waals surface area contributed by atoms with Crippen molar-refractivity contribution < 1.29 is 14.4 Å². The number of amides is 3. The minimum Gasteiger partial charge on any atom is -0.333 e. The van der Waals surface area contributed by atoms with Gasteiger partial charge in [-0.25, -0.2) is 4.98 Å². The molecule has 3 heterocycles. The van der Waals surface area contributed by atoms with Crippen molar-refractivity contribution in [1.29, 1.82) is 0 Å². The first-order valence-electron chi connectivity index (χ1n) is 7.88. The average Bonchev–Trinajstić information content (AvgIpc) is 3.17. The summed E-state index contributed by atoms with van der Waals surface area (Å²) in [6.07, 6.45) is 3.75. The Hall–Kier alpha value is -2.96. The smallest absolute Gasteiger partial charge is 0.261 e. The number of carbonyl (C=O) groups excluding carboxylic acids is 3. The molecule has 0 unspecified atom stereocenters. The Kier molecular flexibility index (Phi) is 3.41. The predicted molar refractivity (Wildman–Crippen MR) is 84.1 cm³/mol. The molecular weight excluding hydrogens is 308 g/mol. The summed E-state index contributed by atoms with van der Waals surface area (Å²) in [6.45, 7) is 1.91. The monoisotopic (exact) mass is 324 g/mol. The lowest BCUT2D eigenvalue weighted by molar-refractivity contribution is -0.132. The second-order valence-electron chi connectivity index (χ2n) is 5.91. The summed E-state index contributed by atoms with van der Waals surface area (Å²) < 4.78 is 2.02. The molecule has 4 rings (SSSR count). The van der Waals surface area contributed by atoms with Gasteiger partial charge < -0.3 is 9.47 Å². The largest absolute Gasteiger partial charge is 0.333 e. The summed E-state index contributed by atoms with van der Waals surface area (Å²) in [5.74, 6) is 0.145. The van der Waals surface area contributed by atoms with Crippen LogP contribution in [-0.4, -0.2) is 50.2 Å². The molecule has 1 aromatic carbocycles. The van der Waals surface area contributed by atoms with E-state index in [9.17, 15) is 14.4 Å². The van der Waals surface area contributed by atoms with E-state index in [1.54, 1.807) is 35.4 Å². The Morgan fingerprint density at radius 3 is 2.50 bits per heavy atom. The summed E-state index contributed by atoms with van der Waals surface area (Å²) in [5.41, 5.74) is 0.824. The number of rotatable bonds is 3. The molecule has 0 spiro atoms. The molecule has 122 valence electrons. The van der Waals surface area contributed by atoms with Crippen LogP contribution in [0.5, 0.6) is 0 Å². The molecule has 0 saturated carbocycles. The third kappa shape index (κ3) is 2.29. The van der Waals surface area contributed by atoms with Crippen LogP contribution in [0.25, 0.3) is 0 Å². The van der Waals surface area contributed by atoms with Crippen LogP contribution in [0.1, 0.15) is 33.0 Å². The van der Waals surface area contributed by atoms with E-state index in [4.69, 9.17) is 0 Å². The van der Waals surface area contributed by atoms with Crippen molar-refractivity contribution in [1.82, 2.24) is 19.4 Å². The molecule has 0 fully saturated rings. The molecule has 0 radical (unpaired) electrons. The highest BCUT2D eigenvalue weighted by molar-refractivity contribution is 6.21. The van der Waals surface area contributed by atoms with Gasteiger partial charge in [-0.3, -0.25) is 19.3 Å². The molecule has 3 amide bonds. The van der Waals surface area contributed by atoms with Gasteiger partial charge in [-0.2, -0.15) is 0 Å². The quantitative estimate of drug-likeness (QED) is 0.787. The van der Waals surface area contributed by atoms with Crippen molar-refractivity contribution in [2.75, 3.05) is 13.1 Å². The molecule has 7 heteroatoms. The third-order valence-corrected chi connectivity index (χ3v) is 4.52. The molecule has 0 N–H and O–H groups in total. The number of nitrogens with zero attached hydrogens (tertiary/aromatic N) is 4. The maximum Gasteiger partial charge on any atom is 0.261 e. The number of hydrogen-bond acceptors (Lipinski definition) is 4. The Labute approximate surface area is 138 Å². The minimum atomic E-state index is -0.322. The molecule has 7 nitrogen and oxygen atoms in total. The normalized spacial score (nSPS) is 16.3. The number of carbonyl (C=O) groups is 3. The molecule has 0 bridgehead atoms. The van der Waals surface area contributed by atoms with Crippen molar-refractivity contribution in [2.45, 2.75) is 19.5 Å². The highest BCUT2D eigenvalue weighted by Crippen LogP contribution is 2.22. The zero-order valence-electron chi connectivity index (χ0n) is 13.0. The van der Waals surface area contributed by atoms with Crippen LogP contribution in [-0.2, 0) is 17.9 Å². The first-order valence-corrected chi connectivity index (χ1v) is 7.88. The van der Waals surface area contributed by atoms with E-state index in [0.717, 1.165) is 10.7 Å². The maximum absolute atomic E-state index is 12.4. The molecule has 0 saturated heterocycles. The Morgan fingerprint density at radius 1 is 1.08 bits per heavy atom. The number of hydrogen-bond donors (Lipinski definition) is 0. The highest BCUT2D eigenvalue weighted by Gasteiger charge is 2.35. The van der Waals surface area contributed by atoms with E-state index in [-0.39, 0.29) is 30.7 Å². The predicted octanol–water partition coefficient (Wildman–Crippen LogP) is 0.912. The molecule has 2 aliphatic rings. The van der Waals surface area contributed by atoms with Gasteiger partial charge in [0.25, 0.3) is 11.8 Å². The molecular formula is C17H16N4O3. The van der Waals surface area contributed by atoms with Gasteiger partial charge in [-0.05, 0) is 12.1 Å². The number of imide groups is 1. The topological polar surface area (TPSA) is 75.5 Å². The minimum absolute atomic E-state index is 0.0687. The highest BCUT2D eigenvalue weighted by atomic mass is 16.2. The van der Waals surface area contributed by atoms with Crippen LogP contribution in [0.3, 0.4) is 0 Å². The summed E-state index contributed by atoms with van der Waals surface area (Å²) >= 11 is 0. The third-order valence-electron chi connectivity index (χ3n) is 4.52. The van der Waals surface area contributed by atoms with E-state index in [0.29, 0.717) is 30.8 Å². The Bertz CT molecular complexity index is 807. The van der Waals surface area contributed by atoms with Crippen molar-refractivity contribution in [3.05, 3.63) is 53.6 Å². The molecule has 0 aliphatic carbocycles. The van der Waals surface area contributed by atoms with Gasteiger partial charge in [0.05, 0.1) is 17.7 Å². The summed E-state index contributed by atoms with van der Waals surface area (Å²) in [7, 11) is 0. The van der Waals surface area contributed by atoms with Gasteiger partial charge in [-0.15, -0.1) is 0 Å². The molecule has 24 heavy (non-hydrogen) atoms. The molecule has 2 aromatic rings. The fourth-order valence-corrected chi connectivity index (χ4v) is 3.19. The average molecular weight is 324 g/mol. The number of aromatic nitrogens is 2. The zero-order valence-corrected chi connectivity index (χ0v) is 13.0. The van der Waals surface area contributed by atoms with E-state index < -0.39 is 0 Å². The second kappa shape index (κ2) is 5.59. The number of benzene rings is 1.